The van der Waals surface area contributed by atoms with E-state index in [1.54, 1.807) is 13.8 Å². The predicted octanol–water partition coefficient (Wildman–Crippen LogP) is 2.39. The third kappa shape index (κ3) is 5.04. The average molecular weight is 348 g/mol. The minimum Gasteiger partial charge on any atom is -0.354 e. The fourth-order valence-corrected chi connectivity index (χ4v) is 3.70. The number of carbonyl (C=O) groups excluding carboxylic acids is 1. The Bertz CT molecular complexity index is 844. The molecule has 1 atom stereocenters. The highest BCUT2D eigenvalue weighted by Gasteiger charge is 2.24. The first-order chi connectivity index (χ1) is 11.1. The zero-order valence-electron chi connectivity index (χ0n) is 14.5. The number of nitrogens with one attached hydrogen (secondary N) is 2. The SMILES string of the molecule is CC(C(=O)NCC(C)(C)NS(C)(=O)=O)c1ccc2ccccc2c1. The Labute approximate surface area is 143 Å². The van der Waals surface area contributed by atoms with Gasteiger partial charge in [-0.1, -0.05) is 42.5 Å². The van der Waals surface area contributed by atoms with Crippen LogP contribution in [0.4, 0.5) is 0 Å². The largest absolute Gasteiger partial charge is 0.354 e. The maximum absolute atomic E-state index is 12.4. The summed E-state index contributed by atoms with van der Waals surface area (Å²) < 4.78 is 25.2. The number of amides is 1. The molecule has 6 heteroatoms. The number of fused-ring (bicyclic) bond motifs is 1. The monoisotopic (exact) mass is 348 g/mol. The van der Waals surface area contributed by atoms with Crippen LogP contribution in [0, 0.1) is 0 Å². The number of hydrogen-bond donors (Lipinski definition) is 2. The molecule has 1 amide bonds. The fourth-order valence-electron chi connectivity index (χ4n) is 2.63. The summed E-state index contributed by atoms with van der Waals surface area (Å²) in [5.74, 6) is -0.447. The highest BCUT2D eigenvalue weighted by molar-refractivity contribution is 7.88. The lowest BCUT2D eigenvalue weighted by Gasteiger charge is -2.26. The van der Waals surface area contributed by atoms with Crippen molar-refractivity contribution in [2.45, 2.75) is 32.2 Å². The summed E-state index contributed by atoms with van der Waals surface area (Å²) in [5.41, 5.74) is 0.187. The molecule has 0 aliphatic rings. The summed E-state index contributed by atoms with van der Waals surface area (Å²) in [6, 6.07) is 14.0. The molecule has 0 saturated heterocycles. The third-order valence-corrected chi connectivity index (χ3v) is 4.76. The second-order valence-electron chi connectivity index (χ2n) is 6.80. The molecule has 0 fully saturated rings. The van der Waals surface area contributed by atoms with Crippen molar-refractivity contribution in [3.05, 3.63) is 48.0 Å². The van der Waals surface area contributed by atoms with Crippen LogP contribution < -0.4 is 10.0 Å². The molecule has 2 N–H and O–H groups in total. The van der Waals surface area contributed by atoms with Crippen LogP contribution in [0.2, 0.25) is 0 Å². The van der Waals surface area contributed by atoms with Gasteiger partial charge < -0.3 is 5.32 Å². The molecule has 2 rings (SSSR count). The maximum atomic E-state index is 12.4. The van der Waals surface area contributed by atoms with Crippen molar-refractivity contribution in [1.29, 1.82) is 0 Å². The molecule has 0 heterocycles. The molecular formula is C18H24N2O3S. The quantitative estimate of drug-likeness (QED) is 0.842. The Hall–Kier alpha value is -1.92. The lowest BCUT2D eigenvalue weighted by Crippen LogP contribution is -2.51. The predicted molar refractivity (Wildman–Crippen MR) is 97.4 cm³/mol. The molecule has 0 aromatic heterocycles. The van der Waals surface area contributed by atoms with Gasteiger partial charge in [0.15, 0.2) is 0 Å². The molecular weight excluding hydrogens is 324 g/mol. The highest BCUT2D eigenvalue weighted by atomic mass is 32.2. The minimum absolute atomic E-state index is 0.131. The molecule has 0 bridgehead atoms. The van der Waals surface area contributed by atoms with Crippen molar-refractivity contribution in [3.8, 4) is 0 Å². The molecule has 2 aromatic rings. The maximum Gasteiger partial charge on any atom is 0.227 e. The second-order valence-corrected chi connectivity index (χ2v) is 8.55. The zero-order chi connectivity index (χ0) is 18.0. The third-order valence-electron chi connectivity index (χ3n) is 3.83. The van der Waals surface area contributed by atoms with Crippen molar-refractivity contribution in [1.82, 2.24) is 10.0 Å². The first kappa shape index (κ1) is 18.4. The Morgan fingerprint density at radius 2 is 1.75 bits per heavy atom. The van der Waals surface area contributed by atoms with Crippen molar-refractivity contribution < 1.29 is 13.2 Å². The van der Waals surface area contributed by atoms with E-state index in [2.05, 4.69) is 10.0 Å². The van der Waals surface area contributed by atoms with E-state index < -0.39 is 15.6 Å². The molecule has 0 aliphatic heterocycles. The molecule has 0 aliphatic carbocycles. The number of rotatable bonds is 6. The molecule has 130 valence electrons. The Morgan fingerprint density at radius 1 is 1.12 bits per heavy atom. The van der Waals surface area contributed by atoms with E-state index >= 15 is 0 Å². The van der Waals surface area contributed by atoms with Crippen LogP contribution >= 0.6 is 0 Å². The first-order valence-corrected chi connectivity index (χ1v) is 9.72. The number of hydrogen-bond acceptors (Lipinski definition) is 3. The number of sulfonamides is 1. The molecule has 24 heavy (non-hydrogen) atoms. The Balaban J connectivity index is 2.05. The normalized spacial score (nSPS) is 13.7. The van der Waals surface area contributed by atoms with Crippen molar-refractivity contribution >= 4 is 26.7 Å². The van der Waals surface area contributed by atoms with Crippen LogP contribution in [0.3, 0.4) is 0 Å². The van der Waals surface area contributed by atoms with E-state index in [4.69, 9.17) is 0 Å². The summed E-state index contributed by atoms with van der Waals surface area (Å²) in [6.45, 7) is 5.53. The Morgan fingerprint density at radius 3 is 2.38 bits per heavy atom. The summed E-state index contributed by atoms with van der Waals surface area (Å²) in [6.07, 6.45) is 1.11. The van der Waals surface area contributed by atoms with Crippen molar-refractivity contribution in [3.63, 3.8) is 0 Å². The minimum atomic E-state index is -3.33. The van der Waals surface area contributed by atoms with Crippen LogP contribution in [-0.2, 0) is 14.8 Å². The topological polar surface area (TPSA) is 75.3 Å². The summed E-state index contributed by atoms with van der Waals surface area (Å²) in [5, 5.41) is 5.05. The van der Waals surface area contributed by atoms with E-state index in [1.165, 1.54) is 0 Å². The number of carbonyl (C=O) groups is 1. The Kier molecular flexibility index (Phi) is 5.30. The smallest absolute Gasteiger partial charge is 0.227 e. The molecule has 0 saturated carbocycles. The fraction of sp³-hybridized carbons (Fsp3) is 0.389. The van der Waals surface area contributed by atoms with Gasteiger partial charge in [0, 0.05) is 12.1 Å². The van der Waals surface area contributed by atoms with E-state index in [0.29, 0.717) is 0 Å². The van der Waals surface area contributed by atoms with Gasteiger partial charge in [0.1, 0.15) is 0 Å². The van der Waals surface area contributed by atoms with Gasteiger partial charge in [-0.25, -0.2) is 13.1 Å². The van der Waals surface area contributed by atoms with Crippen LogP contribution in [-0.4, -0.2) is 32.7 Å². The standard InChI is InChI=1S/C18H24N2O3S/c1-13(15-10-9-14-7-5-6-8-16(14)11-15)17(21)19-12-18(2,3)20-24(4,22)23/h5-11,13,20H,12H2,1-4H3,(H,19,21). The van der Waals surface area contributed by atoms with Gasteiger partial charge >= 0.3 is 0 Å². The first-order valence-electron chi connectivity index (χ1n) is 7.83. The second kappa shape index (κ2) is 6.91. The summed E-state index contributed by atoms with van der Waals surface area (Å²) in [4.78, 5) is 12.4. The van der Waals surface area contributed by atoms with Gasteiger partial charge in [-0.05, 0) is 37.1 Å². The highest BCUT2D eigenvalue weighted by Crippen LogP contribution is 2.22. The van der Waals surface area contributed by atoms with E-state index in [1.807, 2.05) is 49.4 Å². The van der Waals surface area contributed by atoms with E-state index in [-0.39, 0.29) is 18.4 Å². The van der Waals surface area contributed by atoms with Gasteiger partial charge in [0.25, 0.3) is 0 Å². The van der Waals surface area contributed by atoms with Crippen molar-refractivity contribution in [2.75, 3.05) is 12.8 Å². The summed E-state index contributed by atoms with van der Waals surface area (Å²) in [7, 11) is -3.33. The molecule has 0 spiro atoms. The average Bonchev–Trinajstić information content (AvgIpc) is 2.49. The van der Waals surface area contributed by atoms with Gasteiger partial charge in [-0.2, -0.15) is 0 Å². The molecule has 0 radical (unpaired) electrons. The van der Waals surface area contributed by atoms with Crippen LogP contribution in [0.15, 0.2) is 42.5 Å². The van der Waals surface area contributed by atoms with E-state index in [9.17, 15) is 13.2 Å². The van der Waals surface area contributed by atoms with Crippen LogP contribution in [0.5, 0.6) is 0 Å². The molecule has 5 nitrogen and oxygen atoms in total. The van der Waals surface area contributed by atoms with Gasteiger partial charge in [-0.3, -0.25) is 4.79 Å². The lowest BCUT2D eigenvalue weighted by molar-refractivity contribution is -0.122. The van der Waals surface area contributed by atoms with Gasteiger partial charge in [0.2, 0.25) is 15.9 Å². The lowest BCUT2D eigenvalue weighted by atomic mass is 9.96. The van der Waals surface area contributed by atoms with Crippen molar-refractivity contribution in [2.24, 2.45) is 0 Å². The van der Waals surface area contributed by atoms with Crippen LogP contribution in [0.25, 0.3) is 10.8 Å². The van der Waals surface area contributed by atoms with Gasteiger partial charge in [0.05, 0.1) is 12.2 Å². The molecule has 1 unspecified atom stereocenters. The molecule has 2 aromatic carbocycles. The van der Waals surface area contributed by atoms with Gasteiger partial charge in [-0.15, -0.1) is 0 Å². The van der Waals surface area contributed by atoms with E-state index in [0.717, 1.165) is 22.6 Å². The zero-order valence-corrected chi connectivity index (χ0v) is 15.3. The van der Waals surface area contributed by atoms with Crippen LogP contribution in [0.1, 0.15) is 32.3 Å². The summed E-state index contributed by atoms with van der Waals surface area (Å²) >= 11 is 0. The number of benzene rings is 2.